The fourth-order valence-electron chi connectivity index (χ4n) is 10.6. The third-order valence-corrected chi connectivity index (χ3v) is 13.2. The largest absolute Gasteiger partial charge is 0.462 e. The smallest absolute Gasteiger partial charge is 0.306 e. The zero-order valence-corrected chi connectivity index (χ0v) is 29.4. The van der Waals surface area contributed by atoms with Crippen molar-refractivity contribution in [3.05, 3.63) is 23.8 Å². The number of rotatable bonds is 17. The second-order valence-electron chi connectivity index (χ2n) is 16.6. The fourth-order valence-corrected chi connectivity index (χ4v) is 10.6. The Hall–Kier alpha value is -1.05. The summed E-state index contributed by atoms with van der Waals surface area (Å²) in [5.74, 6) is 5.32. The molecule has 4 aliphatic carbocycles. The summed E-state index contributed by atoms with van der Waals surface area (Å²) in [6.45, 7) is 14.9. The van der Waals surface area contributed by atoms with Gasteiger partial charge in [0.25, 0.3) is 0 Å². The molecule has 0 bridgehead atoms. The minimum absolute atomic E-state index is 0.0506. The number of carbonyl (C=O) groups excluding carboxylic acids is 1. The first-order valence-electron chi connectivity index (χ1n) is 19.2. The number of hydrogen-bond acceptors (Lipinski definition) is 2. The topological polar surface area (TPSA) is 26.3 Å². The first kappa shape index (κ1) is 34.8. The van der Waals surface area contributed by atoms with E-state index < -0.39 is 0 Å². The molecule has 0 saturated heterocycles. The van der Waals surface area contributed by atoms with Crippen molar-refractivity contribution >= 4 is 5.97 Å². The second-order valence-corrected chi connectivity index (χ2v) is 16.6. The lowest BCUT2D eigenvalue weighted by molar-refractivity contribution is -0.151. The van der Waals surface area contributed by atoms with Crippen LogP contribution in [0.5, 0.6) is 0 Å². The lowest BCUT2D eigenvalue weighted by atomic mass is 9.47. The highest BCUT2D eigenvalue weighted by molar-refractivity contribution is 5.69. The van der Waals surface area contributed by atoms with Gasteiger partial charge in [-0.05, 0) is 117 Å². The first-order valence-corrected chi connectivity index (χ1v) is 19.2. The molecule has 0 amide bonds. The zero-order chi connectivity index (χ0) is 30.9. The molecule has 0 aromatic heterocycles. The van der Waals surface area contributed by atoms with Gasteiger partial charge in [-0.1, -0.05) is 117 Å². The van der Waals surface area contributed by atoms with Crippen LogP contribution in [0.25, 0.3) is 0 Å². The van der Waals surface area contributed by atoms with Gasteiger partial charge in [-0.3, -0.25) is 4.79 Å². The van der Waals surface area contributed by atoms with Crippen molar-refractivity contribution in [3.63, 3.8) is 0 Å². The highest BCUT2D eigenvalue weighted by Crippen LogP contribution is 2.67. The Morgan fingerprint density at radius 1 is 0.884 bits per heavy atom. The van der Waals surface area contributed by atoms with Gasteiger partial charge in [-0.2, -0.15) is 0 Å². The molecule has 8 unspecified atom stereocenters. The van der Waals surface area contributed by atoms with E-state index in [1.807, 2.05) is 0 Å². The van der Waals surface area contributed by atoms with Crippen molar-refractivity contribution in [3.8, 4) is 0 Å². The van der Waals surface area contributed by atoms with Crippen LogP contribution in [0.3, 0.4) is 0 Å². The highest BCUT2D eigenvalue weighted by atomic mass is 16.5. The van der Waals surface area contributed by atoms with Crippen LogP contribution < -0.4 is 0 Å². The van der Waals surface area contributed by atoms with E-state index in [1.54, 1.807) is 5.57 Å². The lowest BCUT2D eigenvalue weighted by Crippen LogP contribution is -2.51. The van der Waals surface area contributed by atoms with Crippen LogP contribution >= 0.6 is 0 Å². The average molecular weight is 595 g/mol. The summed E-state index contributed by atoms with van der Waals surface area (Å²) in [7, 11) is 0. The third kappa shape index (κ3) is 8.82. The molecule has 0 aromatic rings. The van der Waals surface area contributed by atoms with Crippen molar-refractivity contribution in [1.29, 1.82) is 0 Å². The quantitative estimate of drug-likeness (QED) is 0.0951. The van der Waals surface area contributed by atoms with Crippen molar-refractivity contribution in [1.82, 2.24) is 0 Å². The first-order chi connectivity index (χ1) is 20.7. The van der Waals surface area contributed by atoms with E-state index in [-0.39, 0.29) is 12.1 Å². The predicted octanol–water partition coefficient (Wildman–Crippen LogP) is 12.4. The Bertz CT molecular complexity index is 915. The maximum absolute atomic E-state index is 12.7. The van der Waals surface area contributed by atoms with Crippen LogP contribution in [0.15, 0.2) is 23.8 Å². The van der Waals surface area contributed by atoms with E-state index in [9.17, 15) is 4.79 Å². The Morgan fingerprint density at radius 2 is 1.63 bits per heavy atom. The molecule has 3 fully saturated rings. The molecule has 0 aromatic carbocycles. The van der Waals surface area contributed by atoms with Gasteiger partial charge in [0, 0.05) is 12.8 Å². The summed E-state index contributed by atoms with van der Waals surface area (Å²) >= 11 is 0. The van der Waals surface area contributed by atoms with E-state index in [0.29, 0.717) is 17.3 Å². The molecule has 43 heavy (non-hydrogen) atoms. The van der Waals surface area contributed by atoms with Crippen LogP contribution in [0.4, 0.5) is 0 Å². The SMILES string of the molecule is CCCC/C=C/CCCCCCCC(=O)OC1CCC2(C)C(=CCC3C2CCC2(C)C(C(C)CCCC(C)C)CCC32)C1. The standard InChI is InChI=1S/C41H70O2/c1-7-8-9-10-11-12-13-14-15-16-17-21-39(42)43-34-26-28-40(5)33(30-34)22-23-35-37-25-24-36(32(4)20-18-19-31(2)3)41(37,6)29-27-38(35)40/h10-11,22,31-32,34-38H,7-9,12-21,23-30H2,1-6H3/b11-10+. The molecular weight excluding hydrogens is 524 g/mol. The molecule has 4 aliphatic rings. The van der Waals surface area contributed by atoms with Crippen molar-refractivity contribution in [2.24, 2.45) is 46.3 Å². The highest BCUT2D eigenvalue weighted by Gasteiger charge is 2.59. The van der Waals surface area contributed by atoms with Gasteiger partial charge in [-0.25, -0.2) is 0 Å². The van der Waals surface area contributed by atoms with Crippen molar-refractivity contribution in [2.75, 3.05) is 0 Å². The normalized spacial score (nSPS) is 34.5. The summed E-state index contributed by atoms with van der Waals surface area (Å²) in [6, 6.07) is 0. The molecule has 0 N–H and O–H groups in total. The number of unbranched alkanes of at least 4 members (excludes halogenated alkanes) is 7. The average Bonchev–Trinajstić information content (AvgIpc) is 3.33. The van der Waals surface area contributed by atoms with Gasteiger partial charge in [0.05, 0.1) is 0 Å². The summed E-state index contributed by atoms with van der Waals surface area (Å²) in [6.07, 6.45) is 33.6. The van der Waals surface area contributed by atoms with Crippen molar-refractivity contribution < 1.29 is 9.53 Å². The van der Waals surface area contributed by atoms with Gasteiger partial charge in [0.2, 0.25) is 0 Å². The zero-order valence-electron chi connectivity index (χ0n) is 29.4. The summed E-state index contributed by atoms with van der Waals surface area (Å²) in [5, 5.41) is 0. The Morgan fingerprint density at radius 3 is 2.40 bits per heavy atom. The summed E-state index contributed by atoms with van der Waals surface area (Å²) < 4.78 is 6.10. The van der Waals surface area contributed by atoms with Crippen LogP contribution in [0.2, 0.25) is 0 Å². The number of carbonyl (C=O) groups is 1. The van der Waals surface area contributed by atoms with Crippen molar-refractivity contribution in [2.45, 2.75) is 182 Å². The number of hydrogen-bond donors (Lipinski definition) is 0. The molecule has 0 radical (unpaired) electrons. The van der Waals surface area contributed by atoms with E-state index in [4.69, 9.17) is 4.74 Å². The van der Waals surface area contributed by atoms with E-state index in [1.165, 1.54) is 103 Å². The molecule has 2 heteroatoms. The van der Waals surface area contributed by atoms with Gasteiger partial charge >= 0.3 is 5.97 Å². The molecule has 3 saturated carbocycles. The fraction of sp³-hybridized carbons (Fsp3) is 0.878. The number of fused-ring (bicyclic) bond motifs is 5. The number of esters is 1. The molecule has 0 heterocycles. The van der Waals surface area contributed by atoms with Gasteiger partial charge in [0.15, 0.2) is 0 Å². The Balaban J connectivity index is 1.20. The van der Waals surface area contributed by atoms with Crippen LogP contribution in [0.1, 0.15) is 176 Å². The molecule has 246 valence electrons. The maximum atomic E-state index is 12.7. The van der Waals surface area contributed by atoms with E-state index >= 15 is 0 Å². The Labute approximate surface area is 267 Å². The van der Waals surface area contributed by atoms with Gasteiger partial charge in [-0.15, -0.1) is 0 Å². The lowest BCUT2D eigenvalue weighted by Gasteiger charge is -2.58. The minimum atomic E-state index is 0.0506. The van der Waals surface area contributed by atoms with E-state index in [0.717, 1.165) is 61.2 Å². The van der Waals surface area contributed by atoms with Gasteiger partial charge < -0.3 is 4.74 Å². The van der Waals surface area contributed by atoms with Crippen LogP contribution in [-0.4, -0.2) is 12.1 Å². The summed E-state index contributed by atoms with van der Waals surface area (Å²) in [4.78, 5) is 12.7. The number of allylic oxidation sites excluding steroid dienone is 3. The third-order valence-electron chi connectivity index (χ3n) is 13.2. The predicted molar refractivity (Wildman–Crippen MR) is 184 cm³/mol. The molecule has 0 spiro atoms. The Kier molecular flexibility index (Phi) is 13.4. The maximum Gasteiger partial charge on any atom is 0.306 e. The monoisotopic (exact) mass is 595 g/mol. The number of ether oxygens (including phenoxy) is 1. The summed E-state index contributed by atoms with van der Waals surface area (Å²) in [5.41, 5.74) is 2.53. The minimum Gasteiger partial charge on any atom is -0.462 e. The molecule has 8 atom stereocenters. The molecule has 2 nitrogen and oxygen atoms in total. The second kappa shape index (κ2) is 16.5. The van der Waals surface area contributed by atoms with Gasteiger partial charge in [0.1, 0.15) is 6.10 Å². The van der Waals surface area contributed by atoms with Crippen LogP contribution in [-0.2, 0) is 9.53 Å². The molecule has 0 aliphatic heterocycles. The molecule has 4 rings (SSSR count). The van der Waals surface area contributed by atoms with Crippen LogP contribution in [0, 0.1) is 46.3 Å². The molecular formula is C41H70O2. The van der Waals surface area contributed by atoms with E-state index in [2.05, 4.69) is 59.8 Å².